The highest BCUT2D eigenvalue weighted by molar-refractivity contribution is 7.91. The van der Waals surface area contributed by atoms with Crippen LogP contribution in [0.3, 0.4) is 0 Å². The van der Waals surface area contributed by atoms with Crippen molar-refractivity contribution in [2.75, 3.05) is 12.4 Å². The number of benzene rings is 2. The summed E-state index contributed by atoms with van der Waals surface area (Å²) in [5, 5.41) is 10.2. The molecule has 0 radical (unpaired) electrons. The van der Waals surface area contributed by atoms with Crippen LogP contribution in [0.15, 0.2) is 52.9 Å². The molecule has 0 aliphatic rings. The van der Waals surface area contributed by atoms with E-state index in [4.69, 9.17) is 16.3 Å². The lowest BCUT2D eigenvalue weighted by Gasteiger charge is -2.16. The Labute approximate surface area is 176 Å². The second-order valence-electron chi connectivity index (χ2n) is 5.89. The van der Waals surface area contributed by atoms with Crippen LogP contribution in [0.5, 0.6) is 5.75 Å². The molecule has 3 aromatic rings. The second-order valence-corrected chi connectivity index (χ2v) is 9.16. The first-order valence-corrected chi connectivity index (χ1v) is 11.0. The first kappa shape index (κ1) is 21.2. The zero-order valence-corrected chi connectivity index (χ0v) is 17.8. The number of carbonyl (C=O) groups excluding carboxylic acids is 1. The van der Waals surface area contributed by atoms with Gasteiger partial charge in [0.2, 0.25) is 9.47 Å². The molecule has 0 spiro atoms. The van der Waals surface area contributed by atoms with E-state index in [1.807, 2.05) is 0 Å². The number of hydrogen-bond acceptors (Lipinski definition) is 7. The molecule has 0 fully saturated rings. The zero-order chi connectivity index (χ0) is 21.0. The van der Waals surface area contributed by atoms with E-state index in [9.17, 15) is 13.2 Å². The van der Waals surface area contributed by atoms with Crippen molar-refractivity contribution >= 4 is 44.0 Å². The molecule has 0 aliphatic heterocycles. The van der Waals surface area contributed by atoms with Gasteiger partial charge in [-0.2, -0.15) is 0 Å². The smallest absolute Gasteiger partial charge is 0.270 e. The van der Waals surface area contributed by atoms with Gasteiger partial charge in [-0.3, -0.25) is 10.1 Å². The third-order valence-electron chi connectivity index (χ3n) is 3.91. The van der Waals surface area contributed by atoms with E-state index in [-0.39, 0.29) is 20.1 Å². The van der Waals surface area contributed by atoms with Gasteiger partial charge in [-0.15, -0.1) is 10.2 Å². The van der Waals surface area contributed by atoms with Crippen LogP contribution in [0.4, 0.5) is 5.13 Å². The molecule has 2 N–H and O–H groups in total. The van der Waals surface area contributed by atoms with Crippen LogP contribution in [-0.4, -0.2) is 31.6 Å². The van der Waals surface area contributed by atoms with Crippen molar-refractivity contribution in [3.05, 3.63) is 64.7 Å². The van der Waals surface area contributed by atoms with E-state index in [0.29, 0.717) is 11.3 Å². The molecule has 3 rings (SSSR count). The fourth-order valence-electron chi connectivity index (χ4n) is 2.55. The van der Waals surface area contributed by atoms with Crippen LogP contribution < -0.4 is 14.8 Å². The van der Waals surface area contributed by atoms with E-state index in [0.717, 1.165) is 11.3 Å². The second kappa shape index (κ2) is 8.87. The predicted octanol–water partition coefficient (Wildman–Crippen LogP) is 3.49. The fraction of sp³-hybridized carbons (Fsp3) is 0.167. The van der Waals surface area contributed by atoms with Crippen molar-refractivity contribution in [3.63, 3.8) is 0 Å². The number of nitrogens with zero attached hydrogens (tertiary/aromatic N) is 2. The lowest BCUT2D eigenvalue weighted by atomic mass is 10.1. The molecule has 29 heavy (non-hydrogen) atoms. The maximum Gasteiger partial charge on any atom is 0.270 e. The number of nitrogens with one attached hydrogen (secondary N) is 2. The summed E-state index contributed by atoms with van der Waals surface area (Å²) in [5.41, 5.74) is 0.923. The summed E-state index contributed by atoms with van der Waals surface area (Å²) >= 11 is 6.73. The number of para-hydroxylation sites is 1. The zero-order valence-electron chi connectivity index (χ0n) is 15.4. The Morgan fingerprint density at radius 2 is 1.83 bits per heavy atom. The van der Waals surface area contributed by atoms with Crippen molar-refractivity contribution in [2.45, 2.75) is 17.3 Å². The number of aromatic nitrogens is 2. The standard InChI is InChI=1S/C18H17ClN4O4S2/c1-11(12-7-4-6-10-15(12)27-2)23-29(25,26)18-22-21-17(28-18)20-16(24)13-8-3-5-9-14(13)19/h3-11,23H,1-2H3,(H,20,21,24)/t11-/m0/s1. The molecule has 152 valence electrons. The highest BCUT2D eigenvalue weighted by Crippen LogP contribution is 2.27. The van der Waals surface area contributed by atoms with Crippen LogP contribution in [0.25, 0.3) is 0 Å². The van der Waals surface area contributed by atoms with Crippen LogP contribution in [0, 0.1) is 0 Å². The summed E-state index contributed by atoms with van der Waals surface area (Å²) in [6.45, 7) is 1.69. The fourth-order valence-corrected chi connectivity index (χ4v) is 4.90. The van der Waals surface area contributed by atoms with Gasteiger partial charge in [-0.25, -0.2) is 13.1 Å². The molecule has 0 unspecified atom stereocenters. The van der Waals surface area contributed by atoms with Crippen LogP contribution in [0.1, 0.15) is 28.9 Å². The number of rotatable bonds is 7. The summed E-state index contributed by atoms with van der Waals surface area (Å²) < 4.78 is 32.9. The van der Waals surface area contributed by atoms with Gasteiger partial charge >= 0.3 is 0 Å². The number of carbonyl (C=O) groups is 1. The summed E-state index contributed by atoms with van der Waals surface area (Å²) in [4.78, 5) is 12.3. The van der Waals surface area contributed by atoms with E-state index in [1.165, 1.54) is 7.11 Å². The average molecular weight is 453 g/mol. The largest absolute Gasteiger partial charge is 0.496 e. The van der Waals surface area contributed by atoms with Gasteiger partial charge in [-0.05, 0) is 25.1 Å². The van der Waals surface area contributed by atoms with E-state index >= 15 is 0 Å². The lowest BCUT2D eigenvalue weighted by Crippen LogP contribution is -2.27. The Bertz CT molecular complexity index is 1130. The van der Waals surface area contributed by atoms with E-state index < -0.39 is 22.0 Å². The molecule has 1 aromatic heterocycles. The first-order chi connectivity index (χ1) is 13.8. The highest BCUT2D eigenvalue weighted by atomic mass is 35.5. The molecule has 0 bridgehead atoms. The third-order valence-corrected chi connectivity index (χ3v) is 6.99. The maximum atomic E-state index is 12.7. The van der Waals surface area contributed by atoms with Crippen molar-refractivity contribution < 1.29 is 17.9 Å². The number of sulfonamides is 1. The molecule has 0 aliphatic carbocycles. The Kier molecular flexibility index (Phi) is 6.48. The van der Waals surface area contributed by atoms with Crippen molar-refractivity contribution in [1.29, 1.82) is 0 Å². The number of methoxy groups -OCH3 is 1. The summed E-state index contributed by atoms with van der Waals surface area (Å²) in [7, 11) is -2.45. The predicted molar refractivity (Wildman–Crippen MR) is 111 cm³/mol. The minimum Gasteiger partial charge on any atom is -0.496 e. The Hall–Kier alpha value is -2.53. The average Bonchev–Trinajstić information content (AvgIpc) is 3.17. The van der Waals surface area contributed by atoms with E-state index in [1.54, 1.807) is 55.5 Å². The molecule has 11 heteroatoms. The number of amides is 1. The van der Waals surface area contributed by atoms with Gasteiger partial charge in [0.25, 0.3) is 15.9 Å². The van der Waals surface area contributed by atoms with Gasteiger partial charge in [0.15, 0.2) is 0 Å². The van der Waals surface area contributed by atoms with Gasteiger partial charge in [0.05, 0.1) is 17.7 Å². The summed E-state index contributed by atoms with van der Waals surface area (Å²) in [6, 6.07) is 13.0. The Morgan fingerprint density at radius 1 is 1.14 bits per heavy atom. The van der Waals surface area contributed by atoms with Gasteiger partial charge in [0, 0.05) is 11.6 Å². The first-order valence-electron chi connectivity index (χ1n) is 8.36. The topological polar surface area (TPSA) is 110 Å². The number of halogens is 1. The molecule has 1 heterocycles. The Balaban J connectivity index is 1.75. The van der Waals surface area contributed by atoms with E-state index in [2.05, 4.69) is 20.2 Å². The van der Waals surface area contributed by atoms with Gasteiger partial charge in [0.1, 0.15) is 5.75 Å². The van der Waals surface area contributed by atoms with Crippen LogP contribution >= 0.6 is 22.9 Å². The number of anilines is 1. The minimum absolute atomic E-state index is 0.0419. The van der Waals surface area contributed by atoms with Crippen LogP contribution in [0.2, 0.25) is 5.02 Å². The summed E-state index contributed by atoms with van der Waals surface area (Å²) in [6.07, 6.45) is 0. The summed E-state index contributed by atoms with van der Waals surface area (Å²) in [5.74, 6) is 0.0544. The monoisotopic (exact) mass is 452 g/mol. The Morgan fingerprint density at radius 3 is 2.55 bits per heavy atom. The molecular formula is C18H17ClN4O4S2. The normalized spacial score (nSPS) is 12.4. The maximum absolute atomic E-state index is 12.7. The third kappa shape index (κ3) is 4.91. The molecule has 0 saturated heterocycles. The lowest BCUT2D eigenvalue weighted by molar-refractivity contribution is 0.102. The number of ether oxygens (including phenoxy) is 1. The van der Waals surface area contributed by atoms with Crippen molar-refractivity contribution in [1.82, 2.24) is 14.9 Å². The SMILES string of the molecule is COc1ccccc1[C@H](C)NS(=O)(=O)c1nnc(NC(=O)c2ccccc2Cl)s1. The molecule has 1 atom stereocenters. The highest BCUT2D eigenvalue weighted by Gasteiger charge is 2.25. The van der Waals surface area contributed by atoms with Crippen molar-refractivity contribution in [2.24, 2.45) is 0 Å². The molecular weight excluding hydrogens is 436 g/mol. The quantitative estimate of drug-likeness (QED) is 0.531. The number of hydrogen-bond donors (Lipinski definition) is 2. The van der Waals surface area contributed by atoms with Gasteiger partial charge < -0.3 is 4.74 Å². The van der Waals surface area contributed by atoms with Gasteiger partial charge in [-0.1, -0.05) is 53.3 Å². The van der Waals surface area contributed by atoms with Crippen LogP contribution in [-0.2, 0) is 10.0 Å². The molecule has 8 nitrogen and oxygen atoms in total. The molecule has 0 saturated carbocycles. The minimum atomic E-state index is -3.96. The van der Waals surface area contributed by atoms with Crippen molar-refractivity contribution in [3.8, 4) is 5.75 Å². The molecule has 2 aromatic carbocycles. The molecule has 1 amide bonds.